The third kappa shape index (κ3) is 2.62. The van der Waals surface area contributed by atoms with E-state index in [-0.39, 0.29) is 12.2 Å². The molecule has 2 saturated heterocycles. The van der Waals surface area contributed by atoms with Gasteiger partial charge in [0.25, 0.3) is 0 Å². The summed E-state index contributed by atoms with van der Waals surface area (Å²) in [5.74, 6) is 0.513. The van der Waals surface area contributed by atoms with Crippen molar-refractivity contribution in [2.45, 2.75) is 50.5 Å². The summed E-state index contributed by atoms with van der Waals surface area (Å²) in [6.07, 6.45) is 4.46. The van der Waals surface area contributed by atoms with Gasteiger partial charge in [-0.15, -0.1) is 0 Å². The maximum Gasteiger partial charge on any atom is 0.163 e. The van der Waals surface area contributed by atoms with Gasteiger partial charge in [-0.05, 0) is 25.7 Å². The Hall–Kier alpha value is -0.450. The van der Waals surface area contributed by atoms with Crippen molar-refractivity contribution < 1.29 is 14.3 Å². The minimum atomic E-state index is -0.375. The van der Waals surface area contributed by atoms with E-state index in [0.29, 0.717) is 24.3 Å². The molecule has 0 saturated carbocycles. The second-order valence-electron chi connectivity index (χ2n) is 4.88. The average Bonchev–Trinajstić information content (AvgIpc) is 2.64. The van der Waals surface area contributed by atoms with Gasteiger partial charge in [-0.2, -0.15) is 0 Å². The van der Waals surface area contributed by atoms with E-state index in [1.165, 1.54) is 12.8 Å². The first-order valence-corrected chi connectivity index (χ1v) is 6.07. The number of methoxy groups -OCH3 is 2. The fourth-order valence-electron chi connectivity index (χ4n) is 2.91. The van der Waals surface area contributed by atoms with Crippen molar-refractivity contribution >= 4 is 5.78 Å². The number of rotatable bonds is 5. The van der Waals surface area contributed by atoms with Gasteiger partial charge in [0.1, 0.15) is 5.78 Å². The lowest BCUT2D eigenvalue weighted by atomic mass is 9.87. The number of ketones is 1. The normalized spacial score (nSPS) is 33.3. The molecule has 0 aliphatic carbocycles. The zero-order valence-corrected chi connectivity index (χ0v) is 10.1. The highest BCUT2D eigenvalue weighted by atomic mass is 16.7. The number of hydrogen-bond acceptors (Lipinski definition) is 4. The van der Waals surface area contributed by atoms with Gasteiger partial charge in [0.15, 0.2) is 6.29 Å². The molecule has 1 N–H and O–H groups in total. The Morgan fingerprint density at radius 2 is 1.81 bits per heavy atom. The lowest BCUT2D eigenvalue weighted by Crippen LogP contribution is -2.41. The summed E-state index contributed by atoms with van der Waals surface area (Å²) in [6.45, 7) is 0. The zero-order valence-electron chi connectivity index (χ0n) is 10.1. The first kappa shape index (κ1) is 12.0. The molecule has 2 bridgehead atoms. The summed E-state index contributed by atoms with van der Waals surface area (Å²) in [5, 5.41) is 3.54. The highest BCUT2D eigenvalue weighted by Crippen LogP contribution is 2.32. The standard InChI is InChI=1S/C12H21NO3/c1-15-12(16-2)7-11(14)8-5-9-3-4-10(6-8)13-9/h8-10,12-13H,3-7H2,1-2H3. The molecular weight excluding hydrogens is 206 g/mol. The summed E-state index contributed by atoms with van der Waals surface area (Å²) >= 11 is 0. The van der Waals surface area contributed by atoms with Crippen molar-refractivity contribution in [3.63, 3.8) is 0 Å². The highest BCUT2D eigenvalue weighted by Gasteiger charge is 2.36. The Labute approximate surface area is 96.7 Å². The van der Waals surface area contributed by atoms with Gasteiger partial charge in [-0.1, -0.05) is 0 Å². The van der Waals surface area contributed by atoms with Crippen LogP contribution < -0.4 is 5.32 Å². The Morgan fingerprint density at radius 1 is 1.25 bits per heavy atom. The van der Waals surface area contributed by atoms with Crippen LogP contribution in [0.4, 0.5) is 0 Å². The summed E-state index contributed by atoms with van der Waals surface area (Å²) in [4.78, 5) is 12.1. The van der Waals surface area contributed by atoms with E-state index in [0.717, 1.165) is 12.8 Å². The Morgan fingerprint density at radius 3 is 2.31 bits per heavy atom. The molecule has 0 spiro atoms. The molecule has 0 amide bonds. The van der Waals surface area contributed by atoms with Gasteiger partial charge in [0.05, 0.1) is 6.42 Å². The molecular formula is C12H21NO3. The Kier molecular flexibility index (Phi) is 3.95. The molecule has 92 valence electrons. The summed E-state index contributed by atoms with van der Waals surface area (Å²) in [7, 11) is 3.15. The maximum atomic E-state index is 12.1. The number of fused-ring (bicyclic) bond motifs is 2. The van der Waals surface area contributed by atoms with Crippen LogP contribution in [-0.2, 0) is 14.3 Å². The molecule has 0 aromatic rings. The van der Waals surface area contributed by atoms with Crippen LogP contribution >= 0.6 is 0 Å². The zero-order chi connectivity index (χ0) is 11.5. The molecule has 2 heterocycles. The van der Waals surface area contributed by atoms with Gasteiger partial charge in [-0.25, -0.2) is 0 Å². The van der Waals surface area contributed by atoms with Crippen LogP contribution in [-0.4, -0.2) is 38.4 Å². The van der Waals surface area contributed by atoms with Crippen LogP contribution in [0.25, 0.3) is 0 Å². The molecule has 2 rings (SSSR count). The molecule has 2 unspecified atom stereocenters. The number of carbonyl (C=O) groups is 1. The highest BCUT2D eigenvalue weighted by molar-refractivity contribution is 5.81. The van der Waals surface area contributed by atoms with E-state index in [9.17, 15) is 4.79 Å². The number of carbonyl (C=O) groups excluding carboxylic acids is 1. The Balaban J connectivity index is 1.85. The van der Waals surface area contributed by atoms with Gasteiger partial charge in [0, 0.05) is 32.2 Å². The third-order valence-corrected chi connectivity index (χ3v) is 3.82. The van der Waals surface area contributed by atoms with Gasteiger partial charge in [0.2, 0.25) is 0 Å². The van der Waals surface area contributed by atoms with E-state index in [1.54, 1.807) is 14.2 Å². The molecule has 4 nitrogen and oxygen atoms in total. The largest absolute Gasteiger partial charge is 0.355 e. The number of nitrogens with one attached hydrogen (secondary N) is 1. The SMILES string of the molecule is COC(CC(=O)C1CC2CCC(C1)N2)OC. The average molecular weight is 227 g/mol. The second-order valence-corrected chi connectivity index (χ2v) is 4.88. The topological polar surface area (TPSA) is 47.6 Å². The van der Waals surface area contributed by atoms with Crippen LogP contribution in [0.1, 0.15) is 32.1 Å². The Bertz CT molecular complexity index is 241. The fraction of sp³-hybridized carbons (Fsp3) is 0.917. The summed E-state index contributed by atoms with van der Waals surface area (Å²) in [5.41, 5.74) is 0. The van der Waals surface area contributed by atoms with Crippen molar-refractivity contribution in [2.24, 2.45) is 5.92 Å². The third-order valence-electron chi connectivity index (χ3n) is 3.82. The quantitative estimate of drug-likeness (QED) is 0.714. The van der Waals surface area contributed by atoms with Crippen LogP contribution in [0.15, 0.2) is 0 Å². The van der Waals surface area contributed by atoms with Gasteiger partial charge in [-0.3, -0.25) is 4.79 Å². The lowest BCUT2D eigenvalue weighted by Gasteiger charge is -2.28. The summed E-state index contributed by atoms with van der Waals surface area (Å²) < 4.78 is 10.1. The molecule has 16 heavy (non-hydrogen) atoms. The maximum absolute atomic E-state index is 12.1. The molecule has 0 radical (unpaired) electrons. The number of Topliss-reactive ketones (excluding diaryl/α,β-unsaturated/α-hetero) is 1. The number of hydrogen-bond donors (Lipinski definition) is 1. The van der Waals surface area contributed by atoms with E-state index in [4.69, 9.17) is 9.47 Å². The molecule has 2 aliphatic heterocycles. The smallest absolute Gasteiger partial charge is 0.163 e. The minimum Gasteiger partial charge on any atom is -0.355 e. The fourth-order valence-corrected chi connectivity index (χ4v) is 2.91. The van der Waals surface area contributed by atoms with Crippen LogP contribution in [0.5, 0.6) is 0 Å². The number of piperidine rings is 1. The van der Waals surface area contributed by atoms with Crippen molar-refractivity contribution in [3.05, 3.63) is 0 Å². The summed E-state index contributed by atoms with van der Waals surface area (Å²) in [6, 6.07) is 1.13. The first-order chi connectivity index (χ1) is 7.72. The molecule has 2 aliphatic rings. The minimum absolute atomic E-state index is 0.214. The molecule has 2 atom stereocenters. The predicted octanol–water partition coefficient (Wildman–Crippen LogP) is 1.10. The van der Waals surface area contributed by atoms with E-state index >= 15 is 0 Å². The van der Waals surface area contributed by atoms with Gasteiger partial charge < -0.3 is 14.8 Å². The number of ether oxygens (including phenoxy) is 2. The predicted molar refractivity (Wildman–Crippen MR) is 60.1 cm³/mol. The molecule has 0 aromatic carbocycles. The van der Waals surface area contributed by atoms with E-state index in [1.807, 2.05) is 0 Å². The molecule has 4 heteroatoms. The monoisotopic (exact) mass is 227 g/mol. The van der Waals surface area contributed by atoms with Crippen molar-refractivity contribution in [1.82, 2.24) is 5.32 Å². The molecule has 2 fully saturated rings. The second kappa shape index (κ2) is 5.25. The first-order valence-electron chi connectivity index (χ1n) is 6.07. The van der Waals surface area contributed by atoms with E-state index in [2.05, 4.69) is 5.32 Å². The van der Waals surface area contributed by atoms with Crippen molar-refractivity contribution in [3.8, 4) is 0 Å². The van der Waals surface area contributed by atoms with Crippen LogP contribution in [0.3, 0.4) is 0 Å². The molecule has 0 aromatic heterocycles. The van der Waals surface area contributed by atoms with E-state index < -0.39 is 0 Å². The lowest BCUT2D eigenvalue weighted by molar-refractivity contribution is -0.141. The van der Waals surface area contributed by atoms with Crippen molar-refractivity contribution in [1.29, 1.82) is 0 Å². The van der Waals surface area contributed by atoms with Crippen LogP contribution in [0.2, 0.25) is 0 Å². The van der Waals surface area contributed by atoms with Crippen LogP contribution in [0, 0.1) is 5.92 Å². The van der Waals surface area contributed by atoms with Crippen molar-refractivity contribution in [2.75, 3.05) is 14.2 Å². The van der Waals surface area contributed by atoms with Gasteiger partial charge >= 0.3 is 0 Å².